The zero-order chi connectivity index (χ0) is 27.6. The van der Waals surface area contributed by atoms with E-state index in [1.165, 1.54) is 0 Å². The molecule has 1 fully saturated rings. The van der Waals surface area contributed by atoms with Crippen LogP contribution in [0.3, 0.4) is 0 Å². The fraction of sp³-hybridized carbons (Fsp3) is 0.370. The minimum atomic E-state index is -0.756. The van der Waals surface area contributed by atoms with Crippen LogP contribution in [0.4, 0.5) is 10.6 Å². The molecular formula is C27H33N7O4. The first kappa shape index (κ1) is 26.6. The van der Waals surface area contributed by atoms with E-state index >= 15 is 0 Å². The number of nitrogens with one attached hydrogen (secondary N) is 1. The van der Waals surface area contributed by atoms with Crippen LogP contribution in [0.15, 0.2) is 42.6 Å². The van der Waals surface area contributed by atoms with Crippen molar-refractivity contribution in [3.63, 3.8) is 0 Å². The maximum atomic E-state index is 12.9. The summed E-state index contributed by atoms with van der Waals surface area (Å²) in [4.78, 5) is 48.5. The molecule has 2 aromatic heterocycles. The number of likely N-dealkylation sites (tertiary alicyclic amines) is 1. The number of nitrogens with zero attached hydrogens (tertiary/aromatic N) is 4. The Morgan fingerprint density at radius 1 is 1.11 bits per heavy atom. The summed E-state index contributed by atoms with van der Waals surface area (Å²) in [6.07, 6.45) is 3.44. The number of nitrogens with two attached hydrogens (primary N) is 2. The first-order valence-electron chi connectivity index (χ1n) is 12.5. The van der Waals surface area contributed by atoms with Crippen molar-refractivity contribution >= 4 is 23.7 Å². The summed E-state index contributed by atoms with van der Waals surface area (Å²) < 4.78 is 6.76. The van der Waals surface area contributed by atoms with Crippen LogP contribution >= 0.6 is 0 Å². The average Bonchev–Trinajstić information content (AvgIpc) is 3.20. The van der Waals surface area contributed by atoms with E-state index in [1.807, 2.05) is 13.0 Å². The molecule has 1 aliphatic rings. The molecule has 0 radical (unpaired) electrons. The summed E-state index contributed by atoms with van der Waals surface area (Å²) in [6, 6.07) is 9.70. The monoisotopic (exact) mass is 519 g/mol. The number of hydrogen-bond donors (Lipinski definition) is 3. The first-order valence-corrected chi connectivity index (χ1v) is 12.5. The van der Waals surface area contributed by atoms with Crippen LogP contribution < -0.4 is 16.9 Å². The lowest BCUT2D eigenvalue weighted by atomic mass is 10.0. The molecule has 3 aromatic rings. The van der Waals surface area contributed by atoms with E-state index in [4.69, 9.17) is 16.3 Å². The second kappa shape index (κ2) is 10.5. The number of piperidine rings is 1. The van der Waals surface area contributed by atoms with Gasteiger partial charge in [-0.25, -0.2) is 19.4 Å². The number of carbonyl (C=O) groups excluding carboxylic acids is 3. The molecule has 5 N–H and O–H groups in total. The molecule has 11 heteroatoms. The summed E-state index contributed by atoms with van der Waals surface area (Å²) >= 11 is 0. The van der Waals surface area contributed by atoms with Crippen LogP contribution in [0.5, 0.6) is 0 Å². The maximum Gasteiger partial charge on any atom is 0.410 e. The van der Waals surface area contributed by atoms with Crippen molar-refractivity contribution in [3.8, 4) is 11.3 Å². The Balaban J connectivity index is 1.64. The summed E-state index contributed by atoms with van der Waals surface area (Å²) in [6.45, 7) is 7.80. The Hall–Kier alpha value is -4.41. The van der Waals surface area contributed by atoms with Crippen molar-refractivity contribution in [2.45, 2.75) is 58.6 Å². The van der Waals surface area contributed by atoms with Gasteiger partial charge in [0.25, 0.3) is 11.8 Å². The quantitative estimate of drug-likeness (QED) is 0.433. The van der Waals surface area contributed by atoms with Crippen LogP contribution in [-0.4, -0.2) is 49.6 Å². The zero-order valence-corrected chi connectivity index (χ0v) is 22.0. The Morgan fingerprint density at radius 3 is 2.45 bits per heavy atom. The number of anilines is 1. The molecular weight excluding hydrogens is 486 g/mol. The van der Waals surface area contributed by atoms with E-state index in [0.717, 1.165) is 23.1 Å². The second-order valence-corrected chi connectivity index (χ2v) is 10.3. The van der Waals surface area contributed by atoms with Gasteiger partial charge in [0.2, 0.25) is 0 Å². The number of hydrogen-bond acceptors (Lipinski definition) is 7. The van der Waals surface area contributed by atoms with Crippen molar-refractivity contribution in [3.05, 3.63) is 65.2 Å². The Kier molecular flexibility index (Phi) is 7.38. The van der Waals surface area contributed by atoms with Crippen LogP contribution in [0, 0.1) is 6.92 Å². The van der Waals surface area contributed by atoms with Gasteiger partial charge < -0.3 is 21.6 Å². The molecule has 1 aromatic carbocycles. The molecule has 1 atom stereocenters. The van der Waals surface area contributed by atoms with E-state index in [-0.39, 0.29) is 17.3 Å². The number of aromatic nitrogens is 3. The topological polar surface area (TPSA) is 158 Å². The third kappa shape index (κ3) is 5.77. The fourth-order valence-electron chi connectivity index (χ4n) is 4.43. The standard InChI is InChI=1S/C27H33N7O4/c1-16-12-13-30-20(15-16)31-25(36)18-10-8-17(9-11-18)21-22(23(28)35)34(29)24(32-21)19-7-5-6-14-33(19)26(37)38-27(2,3)4/h8-13,15,19H,5-7,14,29H2,1-4H3,(H2,28,35)(H,30,31,36). The molecule has 4 rings (SSSR count). The van der Waals surface area contributed by atoms with Gasteiger partial charge in [-0.15, -0.1) is 0 Å². The molecule has 11 nitrogen and oxygen atoms in total. The summed E-state index contributed by atoms with van der Waals surface area (Å²) in [5, 5.41) is 2.76. The molecule has 38 heavy (non-hydrogen) atoms. The summed E-state index contributed by atoms with van der Waals surface area (Å²) in [7, 11) is 0. The molecule has 3 heterocycles. The van der Waals surface area contributed by atoms with Gasteiger partial charge in [0.15, 0.2) is 11.5 Å². The Labute approximate surface area is 221 Å². The number of carbonyl (C=O) groups is 3. The number of imidazole rings is 1. The van der Waals surface area contributed by atoms with E-state index in [0.29, 0.717) is 35.7 Å². The summed E-state index contributed by atoms with van der Waals surface area (Å²) in [5.41, 5.74) is 7.24. The van der Waals surface area contributed by atoms with Crippen LogP contribution in [0.1, 0.15) is 78.3 Å². The summed E-state index contributed by atoms with van der Waals surface area (Å²) in [5.74, 6) is 6.04. The van der Waals surface area contributed by atoms with Crippen molar-refractivity contribution < 1.29 is 19.1 Å². The third-order valence-corrected chi connectivity index (χ3v) is 6.18. The molecule has 1 unspecified atom stereocenters. The molecule has 0 bridgehead atoms. The number of aryl methyl sites for hydroxylation is 1. The molecule has 1 aliphatic heterocycles. The molecule has 0 aliphatic carbocycles. The van der Waals surface area contributed by atoms with E-state index in [1.54, 1.807) is 62.2 Å². The normalized spacial score (nSPS) is 15.7. The smallest absolute Gasteiger partial charge is 0.410 e. The first-order chi connectivity index (χ1) is 17.9. The average molecular weight is 520 g/mol. The molecule has 0 spiro atoms. The minimum absolute atomic E-state index is 0.0101. The fourth-order valence-corrected chi connectivity index (χ4v) is 4.43. The lowest BCUT2D eigenvalue weighted by Crippen LogP contribution is -2.43. The van der Waals surface area contributed by atoms with Crippen LogP contribution in [-0.2, 0) is 4.74 Å². The predicted molar refractivity (Wildman–Crippen MR) is 143 cm³/mol. The highest BCUT2D eigenvalue weighted by Gasteiger charge is 2.36. The van der Waals surface area contributed by atoms with E-state index in [9.17, 15) is 14.4 Å². The zero-order valence-electron chi connectivity index (χ0n) is 22.0. The Morgan fingerprint density at radius 2 is 1.82 bits per heavy atom. The number of rotatable bonds is 5. The van der Waals surface area contributed by atoms with Gasteiger partial charge in [0, 0.05) is 23.9 Å². The highest BCUT2D eigenvalue weighted by atomic mass is 16.6. The number of amides is 3. The number of ether oxygens (including phenoxy) is 1. The van der Waals surface area contributed by atoms with Crippen LogP contribution in [0.25, 0.3) is 11.3 Å². The van der Waals surface area contributed by atoms with Gasteiger partial charge in [-0.05, 0) is 76.8 Å². The van der Waals surface area contributed by atoms with Gasteiger partial charge >= 0.3 is 6.09 Å². The lowest BCUT2D eigenvalue weighted by Gasteiger charge is -2.36. The largest absolute Gasteiger partial charge is 0.444 e. The van der Waals surface area contributed by atoms with E-state index < -0.39 is 23.6 Å². The lowest BCUT2D eigenvalue weighted by molar-refractivity contribution is 0.00821. The predicted octanol–water partition coefficient (Wildman–Crippen LogP) is 3.78. The van der Waals surface area contributed by atoms with Crippen molar-refractivity contribution in [2.75, 3.05) is 17.7 Å². The maximum absolute atomic E-state index is 12.9. The van der Waals surface area contributed by atoms with Crippen LogP contribution in [0.2, 0.25) is 0 Å². The Bertz CT molecular complexity index is 1360. The number of primary amides is 1. The van der Waals surface area contributed by atoms with E-state index in [2.05, 4.69) is 15.3 Å². The molecule has 1 saturated heterocycles. The van der Waals surface area contributed by atoms with Gasteiger partial charge in [0.1, 0.15) is 17.1 Å². The highest BCUT2D eigenvalue weighted by Crippen LogP contribution is 2.34. The van der Waals surface area contributed by atoms with Crippen molar-refractivity contribution in [2.24, 2.45) is 5.73 Å². The van der Waals surface area contributed by atoms with Gasteiger partial charge in [-0.2, -0.15) is 0 Å². The molecule has 0 saturated carbocycles. The number of benzene rings is 1. The number of nitrogen functional groups attached to an aromatic ring is 1. The SMILES string of the molecule is Cc1ccnc(NC(=O)c2ccc(-c3nc(C4CCCCN4C(=O)OC(C)(C)C)n(N)c3C(N)=O)cc2)c1. The molecule has 200 valence electrons. The molecule has 3 amide bonds. The van der Waals surface area contributed by atoms with Gasteiger partial charge in [-0.1, -0.05) is 12.1 Å². The van der Waals surface area contributed by atoms with Crippen molar-refractivity contribution in [1.29, 1.82) is 0 Å². The van der Waals surface area contributed by atoms with Gasteiger partial charge in [-0.3, -0.25) is 14.5 Å². The highest BCUT2D eigenvalue weighted by molar-refractivity contribution is 6.04. The minimum Gasteiger partial charge on any atom is -0.444 e. The third-order valence-electron chi connectivity index (χ3n) is 6.18. The number of pyridine rings is 1. The second-order valence-electron chi connectivity index (χ2n) is 10.3. The van der Waals surface area contributed by atoms with Gasteiger partial charge in [0.05, 0.1) is 6.04 Å². The van der Waals surface area contributed by atoms with Crippen molar-refractivity contribution in [1.82, 2.24) is 19.5 Å².